The number of aryl methyl sites for hydroxylation is 1. The molecule has 0 aliphatic rings. The first-order valence-electron chi connectivity index (χ1n) is 6.21. The highest BCUT2D eigenvalue weighted by Gasteiger charge is 2.10. The monoisotopic (exact) mass is 254 g/mol. The van der Waals surface area contributed by atoms with E-state index in [9.17, 15) is 0 Å². The maximum Gasteiger partial charge on any atom is 0.199 e. The molecule has 0 atom stereocenters. The smallest absolute Gasteiger partial charge is 0.199 e. The molecule has 0 fully saturated rings. The fraction of sp³-hybridized carbons (Fsp3) is 0.231. The van der Waals surface area contributed by atoms with Gasteiger partial charge in [-0.15, -0.1) is 15.3 Å². The van der Waals surface area contributed by atoms with E-state index < -0.39 is 0 Å². The average molecular weight is 254 g/mol. The van der Waals surface area contributed by atoms with Gasteiger partial charge in [-0.2, -0.15) is 4.52 Å². The second-order valence-corrected chi connectivity index (χ2v) is 4.24. The molecule has 0 bridgehead atoms. The molecule has 1 aromatic carbocycles. The van der Waals surface area contributed by atoms with Crippen LogP contribution in [0, 0.1) is 0 Å². The number of hydrogen-bond donors (Lipinski definition) is 1. The minimum Gasteiger partial charge on any atom is -0.330 e. The first kappa shape index (κ1) is 11.7. The van der Waals surface area contributed by atoms with Gasteiger partial charge in [0.2, 0.25) is 0 Å². The van der Waals surface area contributed by atoms with E-state index in [2.05, 4.69) is 20.3 Å². The van der Waals surface area contributed by atoms with Crippen molar-refractivity contribution in [2.75, 3.05) is 6.54 Å². The van der Waals surface area contributed by atoms with E-state index in [-0.39, 0.29) is 0 Å². The molecule has 2 heterocycles. The summed E-state index contributed by atoms with van der Waals surface area (Å²) >= 11 is 0. The van der Waals surface area contributed by atoms with Gasteiger partial charge in [0, 0.05) is 5.56 Å². The molecule has 2 aromatic heterocycles. The summed E-state index contributed by atoms with van der Waals surface area (Å²) in [6, 6.07) is 9.87. The number of nitrogens with two attached hydrogens (primary N) is 1. The van der Waals surface area contributed by atoms with Crippen LogP contribution in [-0.2, 0) is 6.42 Å². The van der Waals surface area contributed by atoms with Crippen LogP contribution in [0.3, 0.4) is 0 Å². The van der Waals surface area contributed by atoms with Crippen LogP contribution >= 0.6 is 0 Å². The lowest BCUT2D eigenvalue weighted by molar-refractivity contribution is 0.788. The van der Waals surface area contributed by atoms with Crippen LogP contribution in [-0.4, -0.2) is 31.3 Å². The molecule has 0 saturated heterocycles. The minimum atomic E-state index is 0.630. The van der Waals surface area contributed by atoms with Crippen LogP contribution in [0.2, 0.25) is 0 Å². The molecule has 0 aliphatic carbocycles. The largest absolute Gasteiger partial charge is 0.330 e. The lowest BCUT2D eigenvalue weighted by Crippen LogP contribution is -2.06. The van der Waals surface area contributed by atoms with E-state index >= 15 is 0 Å². The summed E-state index contributed by atoms with van der Waals surface area (Å²) < 4.78 is 1.67. The molecule has 0 spiro atoms. The molecule has 3 rings (SSSR count). The maximum absolute atomic E-state index is 5.56. The van der Waals surface area contributed by atoms with Crippen LogP contribution in [0.15, 0.2) is 36.7 Å². The molecular weight excluding hydrogens is 240 g/mol. The number of aromatic nitrogens is 5. The summed E-state index contributed by atoms with van der Waals surface area (Å²) in [5.74, 6) is 0.680. The van der Waals surface area contributed by atoms with Gasteiger partial charge >= 0.3 is 0 Å². The van der Waals surface area contributed by atoms with Gasteiger partial charge in [-0.3, -0.25) is 0 Å². The van der Waals surface area contributed by atoms with Gasteiger partial charge in [0.05, 0.1) is 5.69 Å². The number of fused-ring (bicyclic) bond motifs is 1. The van der Waals surface area contributed by atoms with Gasteiger partial charge in [-0.25, -0.2) is 4.98 Å². The molecule has 19 heavy (non-hydrogen) atoms. The van der Waals surface area contributed by atoms with Crippen LogP contribution in [0.25, 0.3) is 17.0 Å². The molecular formula is C13H14N6. The van der Waals surface area contributed by atoms with Crippen molar-refractivity contribution in [3.8, 4) is 11.4 Å². The molecule has 0 unspecified atom stereocenters. The summed E-state index contributed by atoms with van der Waals surface area (Å²) in [5, 5.41) is 12.4. The highest BCUT2D eigenvalue weighted by atomic mass is 15.4. The SMILES string of the molecule is NCCCc1nc(-c2ccccc2)nn2cnnc12. The van der Waals surface area contributed by atoms with Crippen LogP contribution < -0.4 is 5.73 Å². The topological polar surface area (TPSA) is 82.0 Å². The first-order valence-corrected chi connectivity index (χ1v) is 6.21. The molecule has 2 N–H and O–H groups in total. The average Bonchev–Trinajstić information content (AvgIpc) is 2.94. The molecule has 3 aromatic rings. The number of nitrogens with zero attached hydrogens (tertiary/aromatic N) is 5. The van der Waals surface area contributed by atoms with Crippen molar-refractivity contribution in [3.05, 3.63) is 42.4 Å². The Morgan fingerprint density at radius 1 is 1.16 bits per heavy atom. The Labute approximate surface area is 110 Å². The lowest BCUT2D eigenvalue weighted by Gasteiger charge is -2.05. The van der Waals surface area contributed by atoms with Crippen LogP contribution in [0.1, 0.15) is 12.1 Å². The van der Waals surface area contributed by atoms with E-state index in [1.165, 1.54) is 0 Å². The zero-order chi connectivity index (χ0) is 13.1. The van der Waals surface area contributed by atoms with E-state index in [0.717, 1.165) is 24.1 Å². The Morgan fingerprint density at radius 3 is 2.79 bits per heavy atom. The van der Waals surface area contributed by atoms with Gasteiger partial charge < -0.3 is 5.73 Å². The minimum absolute atomic E-state index is 0.630. The van der Waals surface area contributed by atoms with Crippen LogP contribution in [0.4, 0.5) is 0 Å². The summed E-state index contributed by atoms with van der Waals surface area (Å²) in [5.41, 5.74) is 8.13. The molecule has 96 valence electrons. The van der Waals surface area contributed by atoms with Crippen molar-refractivity contribution in [2.45, 2.75) is 12.8 Å². The standard InChI is InChI=1S/C13H14N6/c14-8-4-7-11-13-17-15-9-19(13)18-12(16-11)10-5-2-1-3-6-10/h1-3,5-6,9H,4,7-8,14H2. The molecule has 0 radical (unpaired) electrons. The van der Waals surface area contributed by atoms with Crippen molar-refractivity contribution in [2.24, 2.45) is 5.73 Å². The van der Waals surface area contributed by atoms with Gasteiger partial charge in [-0.1, -0.05) is 30.3 Å². The zero-order valence-corrected chi connectivity index (χ0v) is 10.4. The van der Waals surface area contributed by atoms with Crippen molar-refractivity contribution >= 4 is 5.65 Å². The fourth-order valence-electron chi connectivity index (χ4n) is 1.94. The highest BCUT2D eigenvalue weighted by Crippen LogP contribution is 2.16. The van der Waals surface area contributed by atoms with Gasteiger partial charge in [-0.05, 0) is 19.4 Å². The fourth-order valence-corrected chi connectivity index (χ4v) is 1.94. The van der Waals surface area contributed by atoms with Gasteiger partial charge in [0.15, 0.2) is 11.5 Å². The van der Waals surface area contributed by atoms with Gasteiger partial charge in [0.25, 0.3) is 0 Å². The summed E-state index contributed by atoms with van der Waals surface area (Å²) in [6.07, 6.45) is 3.24. The Balaban J connectivity index is 2.11. The van der Waals surface area contributed by atoms with Crippen molar-refractivity contribution in [1.29, 1.82) is 0 Å². The second-order valence-electron chi connectivity index (χ2n) is 4.24. The summed E-state index contributed by atoms with van der Waals surface area (Å²) in [7, 11) is 0. The van der Waals surface area contributed by atoms with E-state index in [0.29, 0.717) is 18.0 Å². The predicted molar refractivity (Wildman–Crippen MR) is 71.4 cm³/mol. The third-order valence-electron chi connectivity index (χ3n) is 2.88. The Kier molecular flexibility index (Phi) is 3.16. The normalized spacial score (nSPS) is 11.0. The summed E-state index contributed by atoms with van der Waals surface area (Å²) in [6.45, 7) is 0.630. The number of benzene rings is 1. The van der Waals surface area contributed by atoms with Crippen molar-refractivity contribution in [1.82, 2.24) is 24.8 Å². The molecule has 6 heteroatoms. The first-order chi connectivity index (χ1) is 9.38. The number of hydrogen-bond acceptors (Lipinski definition) is 5. The molecule has 0 saturated carbocycles. The third kappa shape index (κ3) is 2.30. The number of rotatable bonds is 4. The third-order valence-corrected chi connectivity index (χ3v) is 2.88. The Bertz CT molecular complexity index is 676. The summed E-state index contributed by atoms with van der Waals surface area (Å²) in [4.78, 5) is 4.59. The van der Waals surface area contributed by atoms with Gasteiger partial charge in [0.1, 0.15) is 6.33 Å². The van der Waals surface area contributed by atoms with E-state index in [4.69, 9.17) is 5.73 Å². The van der Waals surface area contributed by atoms with Crippen LogP contribution in [0.5, 0.6) is 0 Å². The van der Waals surface area contributed by atoms with Crippen molar-refractivity contribution in [3.63, 3.8) is 0 Å². The quantitative estimate of drug-likeness (QED) is 0.753. The molecule has 6 nitrogen and oxygen atoms in total. The Hall–Kier alpha value is -2.34. The maximum atomic E-state index is 5.56. The molecule has 0 amide bonds. The van der Waals surface area contributed by atoms with E-state index in [1.54, 1.807) is 10.8 Å². The van der Waals surface area contributed by atoms with Crippen molar-refractivity contribution < 1.29 is 0 Å². The lowest BCUT2D eigenvalue weighted by atomic mass is 10.2. The Morgan fingerprint density at radius 2 is 2.00 bits per heavy atom. The highest BCUT2D eigenvalue weighted by molar-refractivity contribution is 5.56. The zero-order valence-electron chi connectivity index (χ0n) is 10.4. The molecule has 0 aliphatic heterocycles. The second kappa shape index (κ2) is 5.11. The predicted octanol–water partition coefficient (Wildman–Crippen LogP) is 1.08. The van der Waals surface area contributed by atoms with E-state index in [1.807, 2.05) is 30.3 Å².